The van der Waals surface area contributed by atoms with Gasteiger partial charge in [0.25, 0.3) is 0 Å². The normalized spacial score (nSPS) is 26.5. The summed E-state index contributed by atoms with van der Waals surface area (Å²) in [5, 5.41) is 3.71. The van der Waals surface area contributed by atoms with Crippen LogP contribution in [0, 0.1) is 5.41 Å². The fourth-order valence-electron chi connectivity index (χ4n) is 3.24. The number of nitrogens with zero attached hydrogens (tertiary/aromatic N) is 1. The van der Waals surface area contributed by atoms with E-state index in [0.717, 1.165) is 12.1 Å². The van der Waals surface area contributed by atoms with Gasteiger partial charge in [0, 0.05) is 25.2 Å². The number of hydrogen-bond acceptors (Lipinski definition) is 2. The SMILES string of the molecule is CCCC1CCCCN1CC(C)(C)CNC1CC1. The van der Waals surface area contributed by atoms with E-state index in [1.54, 1.807) is 0 Å². The molecule has 18 heavy (non-hydrogen) atoms. The Labute approximate surface area is 114 Å². The third-order valence-corrected chi connectivity index (χ3v) is 4.45. The van der Waals surface area contributed by atoms with Crippen molar-refractivity contribution in [3.63, 3.8) is 0 Å². The summed E-state index contributed by atoms with van der Waals surface area (Å²) in [6.45, 7) is 11.0. The molecule has 0 spiro atoms. The Morgan fingerprint density at radius 1 is 1.17 bits per heavy atom. The van der Waals surface area contributed by atoms with Crippen molar-refractivity contribution in [2.45, 2.75) is 77.8 Å². The smallest absolute Gasteiger partial charge is 0.00954 e. The Kier molecular flexibility index (Phi) is 5.08. The maximum atomic E-state index is 3.71. The van der Waals surface area contributed by atoms with Gasteiger partial charge >= 0.3 is 0 Å². The van der Waals surface area contributed by atoms with Crippen molar-refractivity contribution in [3.05, 3.63) is 0 Å². The van der Waals surface area contributed by atoms with E-state index in [1.165, 1.54) is 64.6 Å². The van der Waals surface area contributed by atoms with Crippen LogP contribution in [0.5, 0.6) is 0 Å². The van der Waals surface area contributed by atoms with E-state index in [9.17, 15) is 0 Å². The van der Waals surface area contributed by atoms with Gasteiger partial charge in [-0.1, -0.05) is 33.6 Å². The molecule has 2 aliphatic rings. The summed E-state index contributed by atoms with van der Waals surface area (Å²) in [5.74, 6) is 0. The quantitative estimate of drug-likeness (QED) is 0.747. The molecule has 0 bridgehead atoms. The second-order valence-electron chi connectivity index (χ2n) is 7.23. The predicted octanol–water partition coefficient (Wildman–Crippen LogP) is 3.42. The number of hydrogen-bond donors (Lipinski definition) is 1. The van der Waals surface area contributed by atoms with E-state index < -0.39 is 0 Å². The average molecular weight is 252 g/mol. The van der Waals surface area contributed by atoms with Crippen LogP contribution < -0.4 is 5.32 Å². The van der Waals surface area contributed by atoms with E-state index in [4.69, 9.17) is 0 Å². The van der Waals surface area contributed by atoms with Gasteiger partial charge < -0.3 is 5.32 Å². The van der Waals surface area contributed by atoms with Crippen LogP contribution in [0.15, 0.2) is 0 Å². The fraction of sp³-hybridized carbons (Fsp3) is 1.00. The first-order valence-electron chi connectivity index (χ1n) is 8.08. The molecule has 2 nitrogen and oxygen atoms in total. The molecule has 0 aromatic rings. The molecule has 106 valence electrons. The summed E-state index contributed by atoms with van der Waals surface area (Å²) >= 11 is 0. The lowest BCUT2D eigenvalue weighted by Gasteiger charge is -2.41. The van der Waals surface area contributed by atoms with E-state index in [1.807, 2.05) is 0 Å². The first kappa shape index (κ1) is 14.3. The number of likely N-dealkylation sites (tertiary alicyclic amines) is 1. The van der Waals surface area contributed by atoms with E-state index in [-0.39, 0.29) is 0 Å². The summed E-state index contributed by atoms with van der Waals surface area (Å²) in [6.07, 6.45) is 9.82. The lowest BCUT2D eigenvalue weighted by Crippen LogP contribution is -2.47. The van der Waals surface area contributed by atoms with Crippen LogP contribution >= 0.6 is 0 Å². The number of nitrogens with one attached hydrogen (secondary N) is 1. The van der Waals surface area contributed by atoms with Crippen LogP contribution in [-0.2, 0) is 0 Å². The standard InChI is InChI=1S/C16H32N2/c1-4-7-15-8-5-6-11-18(15)13-16(2,3)12-17-14-9-10-14/h14-15,17H,4-13H2,1-3H3. The van der Waals surface area contributed by atoms with Gasteiger partial charge in [0.05, 0.1) is 0 Å². The zero-order chi connectivity index (χ0) is 13.0. The Bertz CT molecular complexity index is 243. The summed E-state index contributed by atoms with van der Waals surface area (Å²) in [7, 11) is 0. The van der Waals surface area contributed by atoms with Gasteiger partial charge in [-0.05, 0) is 44.1 Å². The molecule has 1 aliphatic heterocycles. The average Bonchev–Trinajstić information content (AvgIpc) is 3.13. The minimum absolute atomic E-state index is 0.423. The number of piperidine rings is 1. The molecule has 1 atom stereocenters. The van der Waals surface area contributed by atoms with Crippen LogP contribution in [-0.4, -0.2) is 36.6 Å². The van der Waals surface area contributed by atoms with Gasteiger partial charge in [-0.25, -0.2) is 0 Å². The second-order valence-corrected chi connectivity index (χ2v) is 7.23. The lowest BCUT2D eigenvalue weighted by molar-refractivity contribution is 0.0894. The fourth-order valence-corrected chi connectivity index (χ4v) is 3.24. The van der Waals surface area contributed by atoms with Crippen LogP contribution in [0.3, 0.4) is 0 Å². The van der Waals surface area contributed by atoms with Crippen molar-refractivity contribution in [2.24, 2.45) is 5.41 Å². The third-order valence-electron chi connectivity index (χ3n) is 4.45. The monoisotopic (exact) mass is 252 g/mol. The molecule has 1 saturated carbocycles. The molecule has 0 aromatic carbocycles. The summed E-state index contributed by atoms with van der Waals surface area (Å²) < 4.78 is 0. The molecule has 1 unspecified atom stereocenters. The highest BCUT2D eigenvalue weighted by molar-refractivity contribution is 4.87. The van der Waals surface area contributed by atoms with Crippen molar-refractivity contribution < 1.29 is 0 Å². The minimum atomic E-state index is 0.423. The third kappa shape index (κ3) is 4.55. The predicted molar refractivity (Wildman–Crippen MR) is 78.9 cm³/mol. The molecule has 2 fully saturated rings. The summed E-state index contributed by atoms with van der Waals surface area (Å²) in [6, 6.07) is 1.71. The molecule has 0 aromatic heterocycles. The highest BCUT2D eigenvalue weighted by Crippen LogP contribution is 2.27. The van der Waals surface area contributed by atoms with Crippen molar-refractivity contribution in [3.8, 4) is 0 Å². The maximum absolute atomic E-state index is 3.71. The zero-order valence-electron chi connectivity index (χ0n) is 12.7. The Hall–Kier alpha value is -0.0800. The first-order chi connectivity index (χ1) is 8.61. The summed E-state index contributed by atoms with van der Waals surface area (Å²) in [4.78, 5) is 2.78. The molecule has 2 rings (SSSR count). The Morgan fingerprint density at radius 3 is 2.61 bits per heavy atom. The molecule has 1 aliphatic carbocycles. The molecule has 0 amide bonds. The van der Waals surface area contributed by atoms with E-state index >= 15 is 0 Å². The van der Waals surface area contributed by atoms with Gasteiger partial charge in [0.15, 0.2) is 0 Å². The minimum Gasteiger partial charge on any atom is -0.313 e. The molecule has 1 N–H and O–H groups in total. The lowest BCUT2D eigenvalue weighted by atomic mass is 9.89. The Morgan fingerprint density at radius 2 is 1.94 bits per heavy atom. The van der Waals surface area contributed by atoms with E-state index in [2.05, 4.69) is 31.0 Å². The largest absolute Gasteiger partial charge is 0.313 e. The number of rotatable bonds is 7. The maximum Gasteiger partial charge on any atom is 0.00954 e. The van der Waals surface area contributed by atoms with Crippen LogP contribution in [0.2, 0.25) is 0 Å². The summed E-state index contributed by atoms with van der Waals surface area (Å²) in [5.41, 5.74) is 0.423. The van der Waals surface area contributed by atoms with Crippen molar-refractivity contribution in [1.29, 1.82) is 0 Å². The van der Waals surface area contributed by atoms with Gasteiger partial charge in [0.2, 0.25) is 0 Å². The van der Waals surface area contributed by atoms with Crippen molar-refractivity contribution in [2.75, 3.05) is 19.6 Å². The molecule has 1 heterocycles. The van der Waals surface area contributed by atoms with Crippen LogP contribution in [0.25, 0.3) is 0 Å². The molecule has 2 heteroatoms. The Balaban J connectivity index is 1.79. The second kappa shape index (κ2) is 6.38. The topological polar surface area (TPSA) is 15.3 Å². The zero-order valence-corrected chi connectivity index (χ0v) is 12.7. The van der Waals surface area contributed by atoms with Crippen LogP contribution in [0.4, 0.5) is 0 Å². The molecule has 0 radical (unpaired) electrons. The van der Waals surface area contributed by atoms with Gasteiger partial charge in [-0.2, -0.15) is 0 Å². The highest BCUT2D eigenvalue weighted by Gasteiger charge is 2.30. The van der Waals surface area contributed by atoms with Gasteiger partial charge in [0.1, 0.15) is 0 Å². The van der Waals surface area contributed by atoms with Crippen LogP contribution in [0.1, 0.15) is 65.7 Å². The van der Waals surface area contributed by atoms with E-state index in [0.29, 0.717) is 5.41 Å². The van der Waals surface area contributed by atoms with Gasteiger partial charge in [-0.15, -0.1) is 0 Å². The highest BCUT2D eigenvalue weighted by atomic mass is 15.2. The molecular formula is C16H32N2. The molecule has 1 saturated heterocycles. The van der Waals surface area contributed by atoms with Crippen molar-refractivity contribution >= 4 is 0 Å². The van der Waals surface area contributed by atoms with Crippen molar-refractivity contribution in [1.82, 2.24) is 10.2 Å². The molecular weight excluding hydrogens is 220 g/mol. The van der Waals surface area contributed by atoms with Gasteiger partial charge in [-0.3, -0.25) is 4.90 Å². The first-order valence-corrected chi connectivity index (χ1v) is 8.08.